The van der Waals surface area contributed by atoms with Crippen molar-refractivity contribution >= 4 is 35.1 Å². The van der Waals surface area contributed by atoms with E-state index in [0.29, 0.717) is 29.1 Å². The van der Waals surface area contributed by atoms with Crippen molar-refractivity contribution in [3.8, 4) is 0 Å². The standard InChI is InChI=1S/C23H23BF4N2O3.C2H6/c1-12-16(24-32-21(2,3)22(4,5)33-24)8-7-14-15(11-29-19(12)14)20(31)30-18-10-13(23(26,27)28)6-9-17(18)25;1-2/h6-11,29H,1-5H3,(H,30,31);1-2H3. The van der Waals surface area contributed by atoms with Crippen LogP contribution in [0.3, 0.4) is 0 Å². The minimum absolute atomic E-state index is 0.172. The average molecular weight is 492 g/mol. The Morgan fingerprint density at radius 1 is 1.03 bits per heavy atom. The maximum absolute atomic E-state index is 14.1. The molecule has 0 aliphatic carbocycles. The Kier molecular flexibility index (Phi) is 7.12. The number of hydrogen-bond acceptors (Lipinski definition) is 3. The molecule has 0 unspecified atom stereocenters. The summed E-state index contributed by atoms with van der Waals surface area (Å²) in [6, 6.07) is 5.36. The van der Waals surface area contributed by atoms with Gasteiger partial charge < -0.3 is 19.6 Å². The lowest BCUT2D eigenvalue weighted by molar-refractivity contribution is -0.137. The third-order valence-corrected chi connectivity index (χ3v) is 6.45. The van der Waals surface area contributed by atoms with Gasteiger partial charge in [0.25, 0.3) is 5.91 Å². The molecule has 1 aromatic heterocycles. The molecule has 1 amide bonds. The normalized spacial score (nSPS) is 16.7. The number of aromatic amines is 1. The second-order valence-corrected chi connectivity index (χ2v) is 9.14. The van der Waals surface area contributed by atoms with E-state index in [-0.39, 0.29) is 5.56 Å². The molecule has 0 bridgehead atoms. The van der Waals surface area contributed by atoms with Crippen molar-refractivity contribution in [2.75, 3.05) is 5.32 Å². The van der Waals surface area contributed by atoms with E-state index in [1.54, 1.807) is 12.1 Å². The summed E-state index contributed by atoms with van der Waals surface area (Å²) in [5, 5.41) is 2.78. The van der Waals surface area contributed by atoms with E-state index >= 15 is 0 Å². The molecule has 10 heteroatoms. The number of aromatic nitrogens is 1. The molecule has 3 aromatic rings. The first-order valence-electron chi connectivity index (χ1n) is 11.4. The van der Waals surface area contributed by atoms with Crippen molar-refractivity contribution in [3.63, 3.8) is 0 Å². The smallest absolute Gasteiger partial charge is 0.399 e. The number of nitrogens with one attached hydrogen (secondary N) is 2. The van der Waals surface area contributed by atoms with E-state index < -0.39 is 47.5 Å². The monoisotopic (exact) mass is 492 g/mol. The van der Waals surface area contributed by atoms with Crippen molar-refractivity contribution in [1.29, 1.82) is 0 Å². The van der Waals surface area contributed by atoms with Crippen molar-refractivity contribution in [2.45, 2.75) is 65.8 Å². The molecule has 1 aliphatic rings. The molecule has 2 heterocycles. The zero-order chi connectivity index (χ0) is 26.3. The molecule has 188 valence electrons. The highest BCUT2D eigenvalue weighted by molar-refractivity contribution is 6.63. The molecule has 2 N–H and O–H groups in total. The molecule has 35 heavy (non-hydrogen) atoms. The highest BCUT2D eigenvalue weighted by Gasteiger charge is 2.52. The van der Waals surface area contributed by atoms with Gasteiger partial charge in [0.05, 0.1) is 28.0 Å². The zero-order valence-corrected chi connectivity index (χ0v) is 20.8. The molecule has 0 radical (unpaired) electrons. The highest BCUT2D eigenvalue weighted by Crippen LogP contribution is 2.37. The Labute approximate surface area is 202 Å². The fourth-order valence-corrected chi connectivity index (χ4v) is 3.76. The number of H-pyrrole nitrogens is 1. The summed E-state index contributed by atoms with van der Waals surface area (Å²) in [6.45, 7) is 13.7. The third kappa shape index (κ3) is 4.95. The molecule has 1 saturated heterocycles. The first kappa shape index (κ1) is 26.8. The lowest BCUT2D eigenvalue weighted by atomic mass is 9.75. The van der Waals surface area contributed by atoms with Crippen molar-refractivity contribution in [1.82, 2.24) is 4.98 Å². The number of alkyl halides is 3. The molecule has 1 aliphatic heterocycles. The summed E-state index contributed by atoms with van der Waals surface area (Å²) in [4.78, 5) is 15.8. The SMILES string of the molecule is CC.Cc1c(B2OC(C)(C)C(C)(C)O2)ccc2c(C(=O)Nc3cc(C(F)(F)F)ccc3F)c[nH]c12. The topological polar surface area (TPSA) is 63.4 Å². The van der Waals surface area contributed by atoms with Crippen LogP contribution in [0.5, 0.6) is 0 Å². The van der Waals surface area contributed by atoms with Gasteiger partial charge in [0.2, 0.25) is 0 Å². The molecule has 0 saturated carbocycles. The predicted octanol–water partition coefficient (Wildman–Crippen LogP) is 6.21. The minimum atomic E-state index is -4.66. The molecule has 0 spiro atoms. The van der Waals surface area contributed by atoms with Crippen molar-refractivity contribution in [2.24, 2.45) is 0 Å². The van der Waals surface area contributed by atoms with Crippen LogP contribution < -0.4 is 10.8 Å². The van der Waals surface area contributed by atoms with Gasteiger partial charge in [0, 0.05) is 17.1 Å². The number of amides is 1. The van der Waals surface area contributed by atoms with Crippen LogP contribution >= 0.6 is 0 Å². The van der Waals surface area contributed by atoms with Crippen LogP contribution in [0.2, 0.25) is 0 Å². The first-order chi connectivity index (χ1) is 16.2. The van der Waals surface area contributed by atoms with Crippen LogP contribution in [-0.2, 0) is 15.5 Å². The van der Waals surface area contributed by atoms with E-state index in [9.17, 15) is 22.4 Å². The van der Waals surface area contributed by atoms with Gasteiger partial charge in [-0.2, -0.15) is 13.2 Å². The fourth-order valence-electron chi connectivity index (χ4n) is 3.76. The van der Waals surface area contributed by atoms with E-state index in [0.717, 1.165) is 11.0 Å². The van der Waals surface area contributed by atoms with Gasteiger partial charge >= 0.3 is 13.3 Å². The number of benzene rings is 2. The van der Waals surface area contributed by atoms with Gasteiger partial charge in [-0.25, -0.2) is 4.39 Å². The number of carbonyl (C=O) groups excluding carboxylic acids is 1. The Bertz CT molecular complexity index is 1240. The van der Waals surface area contributed by atoms with Crippen LogP contribution in [0.4, 0.5) is 23.2 Å². The van der Waals surface area contributed by atoms with Gasteiger partial charge in [-0.05, 0) is 63.8 Å². The number of anilines is 1. The Balaban J connectivity index is 0.00000167. The molecule has 1 fully saturated rings. The van der Waals surface area contributed by atoms with E-state index in [4.69, 9.17) is 9.31 Å². The summed E-state index contributed by atoms with van der Waals surface area (Å²) in [6.07, 6.45) is -3.22. The molecule has 0 atom stereocenters. The fraction of sp³-hybridized carbons (Fsp3) is 0.400. The summed E-state index contributed by atoms with van der Waals surface area (Å²) in [5.74, 6) is -1.70. The quantitative estimate of drug-likeness (QED) is 0.338. The van der Waals surface area contributed by atoms with Gasteiger partial charge in [-0.3, -0.25) is 4.79 Å². The second-order valence-electron chi connectivity index (χ2n) is 9.14. The largest absolute Gasteiger partial charge is 0.495 e. The molecule has 5 nitrogen and oxygen atoms in total. The number of rotatable bonds is 3. The zero-order valence-electron chi connectivity index (χ0n) is 20.8. The van der Waals surface area contributed by atoms with Gasteiger partial charge in [0.1, 0.15) is 5.82 Å². The van der Waals surface area contributed by atoms with Gasteiger partial charge in [-0.15, -0.1) is 0 Å². The van der Waals surface area contributed by atoms with Crippen LogP contribution in [0, 0.1) is 12.7 Å². The number of fused-ring (bicyclic) bond motifs is 1. The van der Waals surface area contributed by atoms with Crippen LogP contribution in [-0.4, -0.2) is 29.2 Å². The van der Waals surface area contributed by atoms with Crippen molar-refractivity contribution in [3.05, 3.63) is 59.0 Å². The summed E-state index contributed by atoms with van der Waals surface area (Å²) >= 11 is 0. The van der Waals surface area contributed by atoms with Gasteiger partial charge in [-0.1, -0.05) is 26.0 Å². The molecule has 4 rings (SSSR count). The van der Waals surface area contributed by atoms with Crippen molar-refractivity contribution < 1.29 is 31.7 Å². The first-order valence-corrected chi connectivity index (χ1v) is 11.4. The maximum Gasteiger partial charge on any atom is 0.495 e. The number of hydrogen-bond donors (Lipinski definition) is 2. The highest BCUT2D eigenvalue weighted by atomic mass is 19.4. The van der Waals surface area contributed by atoms with E-state index in [1.165, 1.54) is 6.20 Å². The molecular formula is C25H29BF4N2O3. The number of carbonyl (C=O) groups is 1. The minimum Gasteiger partial charge on any atom is -0.399 e. The Hall–Kier alpha value is -2.85. The summed E-state index contributed by atoms with van der Waals surface area (Å²) in [5.41, 5.74) is -0.226. The van der Waals surface area contributed by atoms with E-state index in [1.807, 2.05) is 48.5 Å². The number of aryl methyl sites for hydroxylation is 1. The average Bonchev–Trinajstić information content (AvgIpc) is 3.29. The van der Waals surface area contributed by atoms with Crippen LogP contribution in [0.1, 0.15) is 63.0 Å². The predicted molar refractivity (Wildman–Crippen MR) is 129 cm³/mol. The van der Waals surface area contributed by atoms with Gasteiger partial charge in [0.15, 0.2) is 0 Å². The summed E-state index contributed by atoms with van der Waals surface area (Å²) in [7, 11) is -0.598. The van der Waals surface area contributed by atoms with Crippen LogP contribution in [0.25, 0.3) is 10.9 Å². The maximum atomic E-state index is 14.1. The molecule has 2 aromatic carbocycles. The van der Waals surface area contributed by atoms with E-state index in [2.05, 4.69) is 10.3 Å². The Morgan fingerprint density at radius 2 is 1.63 bits per heavy atom. The lowest BCUT2D eigenvalue weighted by Gasteiger charge is -2.32. The molecular weight excluding hydrogens is 463 g/mol. The summed E-state index contributed by atoms with van der Waals surface area (Å²) < 4.78 is 65.2. The second kappa shape index (κ2) is 9.31. The lowest BCUT2D eigenvalue weighted by Crippen LogP contribution is -2.41. The third-order valence-electron chi connectivity index (χ3n) is 6.45. The van der Waals surface area contributed by atoms with Crippen LogP contribution in [0.15, 0.2) is 36.5 Å². The number of halogens is 4. The Morgan fingerprint density at radius 3 is 2.20 bits per heavy atom.